The summed E-state index contributed by atoms with van der Waals surface area (Å²) in [5, 5.41) is 11.0. The third kappa shape index (κ3) is 6.65. The highest BCUT2D eigenvalue weighted by Gasteiger charge is 2.38. The average Bonchev–Trinajstić information content (AvgIpc) is 3.09. The lowest BCUT2D eigenvalue weighted by Gasteiger charge is -2.27. The fraction of sp³-hybridized carbons (Fsp3) is 0.522. The first kappa shape index (κ1) is 26.1. The minimum atomic E-state index is -0.481. The van der Waals surface area contributed by atoms with Crippen molar-refractivity contribution in [3.63, 3.8) is 0 Å². The highest BCUT2D eigenvalue weighted by Crippen LogP contribution is 2.29. The Bertz CT molecular complexity index is 909. The van der Waals surface area contributed by atoms with Gasteiger partial charge in [-0.1, -0.05) is 13.8 Å². The number of nitrogens with one attached hydrogen (secondary N) is 1. The molecule has 2 aliphatic rings. The smallest absolute Gasteiger partial charge is 0.270 e. The lowest BCUT2D eigenvalue weighted by Crippen LogP contribution is -2.38. The van der Waals surface area contributed by atoms with E-state index in [0.29, 0.717) is 29.9 Å². The molecule has 4 amide bonds. The fourth-order valence-electron chi connectivity index (χ4n) is 3.91. The summed E-state index contributed by atoms with van der Waals surface area (Å²) in [5.74, 6) is 1.58. The SMILES string of the molecule is CC.CC(CCC(=O)NC=O)N1C(=O)c2ccc(OCCN3CCB(C#N)CC3)cc2C1=O. The van der Waals surface area contributed by atoms with Gasteiger partial charge in [0, 0.05) is 25.0 Å². The number of carbonyl (C=O) groups excluding carboxylic acids is 4. The number of hydrogen-bond acceptors (Lipinski definition) is 7. The highest BCUT2D eigenvalue weighted by molar-refractivity contribution is 6.67. The first-order chi connectivity index (χ1) is 15.9. The van der Waals surface area contributed by atoms with Gasteiger partial charge in [0.25, 0.3) is 18.5 Å². The third-order valence-corrected chi connectivity index (χ3v) is 5.79. The molecule has 33 heavy (non-hydrogen) atoms. The summed E-state index contributed by atoms with van der Waals surface area (Å²) < 4.78 is 5.80. The number of fused-ring (bicyclic) bond motifs is 1. The first-order valence-corrected chi connectivity index (χ1v) is 11.4. The molecule has 0 radical (unpaired) electrons. The summed E-state index contributed by atoms with van der Waals surface area (Å²) in [6.45, 7) is 8.76. The lowest BCUT2D eigenvalue weighted by molar-refractivity contribution is -0.125. The van der Waals surface area contributed by atoms with Crippen molar-refractivity contribution in [1.29, 1.82) is 5.26 Å². The van der Waals surface area contributed by atoms with Crippen LogP contribution in [0.3, 0.4) is 0 Å². The van der Waals surface area contributed by atoms with Gasteiger partial charge in [-0.15, -0.1) is 0 Å². The quantitative estimate of drug-likeness (QED) is 0.344. The molecule has 1 atom stereocenters. The molecule has 0 saturated carbocycles. The van der Waals surface area contributed by atoms with Gasteiger partial charge in [0.05, 0.1) is 11.1 Å². The van der Waals surface area contributed by atoms with Gasteiger partial charge in [0.15, 0.2) is 0 Å². The maximum atomic E-state index is 12.8. The summed E-state index contributed by atoms with van der Waals surface area (Å²) in [4.78, 5) is 50.7. The van der Waals surface area contributed by atoms with Crippen LogP contribution in [0, 0.1) is 11.2 Å². The molecule has 1 N–H and O–H groups in total. The molecule has 1 fully saturated rings. The van der Waals surface area contributed by atoms with Gasteiger partial charge >= 0.3 is 0 Å². The summed E-state index contributed by atoms with van der Waals surface area (Å²) in [6, 6.07) is 4.38. The zero-order chi connectivity index (χ0) is 24.4. The maximum Gasteiger partial charge on any atom is 0.270 e. The van der Waals surface area contributed by atoms with E-state index in [1.807, 2.05) is 19.2 Å². The van der Waals surface area contributed by atoms with Crippen molar-refractivity contribution in [2.24, 2.45) is 0 Å². The monoisotopic (exact) mass is 454 g/mol. The van der Waals surface area contributed by atoms with Gasteiger partial charge in [-0.2, -0.15) is 0 Å². The van der Waals surface area contributed by atoms with Crippen molar-refractivity contribution < 1.29 is 23.9 Å². The number of amides is 4. The van der Waals surface area contributed by atoms with Crippen molar-refractivity contribution >= 4 is 30.8 Å². The number of ether oxygens (including phenoxy) is 1. The number of carbonyl (C=O) groups is 4. The van der Waals surface area contributed by atoms with E-state index < -0.39 is 23.8 Å². The Labute approximate surface area is 195 Å². The molecule has 2 aliphatic heterocycles. The van der Waals surface area contributed by atoms with Crippen molar-refractivity contribution in [1.82, 2.24) is 15.1 Å². The number of benzene rings is 1. The first-order valence-electron chi connectivity index (χ1n) is 11.4. The lowest BCUT2D eigenvalue weighted by atomic mass is 9.45. The number of nitrogens with zero attached hydrogens (tertiary/aromatic N) is 3. The second kappa shape index (κ2) is 12.8. The molecular formula is C23H31BN4O5. The highest BCUT2D eigenvalue weighted by atomic mass is 16.5. The maximum absolute atomic E-state index is 12.8. The summed E-state index contributed by atoms with van der Waals surface area (Å²) in [6.07, 6.45) is 2.35. The minimum absolute atomic E-state index is 0.0350. The van der Waals surface area contributed by atoms with Crippen LogP contribution in [-0.2, 0) is 9.59 Å². The topological polar surface area (TPSA) is 120 Å². The van der Waals surface area contributed by atoms with Crippen molar-refractivity contribution in [2.75, 3.05) is 26.2 Å². The minimum Gasteiger partial charge on any atom is -0.492 e. The molecule has 176 valence electrons. The largest absolute Gasteiger partial charge is 0.492 e. The molecule has 0 bridgehead atoms. The van der Waals surface area contributed by atoms with E-state index in [-0.39, 0.29) is 19.6 Å². The number of hydrogen-bond donors (Lipinski definition) is 1. The standard InChI is InChI=1S/C21H25BN4O5.C2H6/c1-15(2-5-19(28)24-14-27)26-20(29)17-4-3-16(12-18(17)21(26)30)31-11-10-25-8-6-22(13-23)7-9-25;1-2/h3-4,12,14-15H,2,5-11H2,1H3,(H,24,27,28);1-2H3. The zero-order valence-corrected chi connectivity index (χ0v) is 19.5. The van der Waals surface area contributed by atoms with Crippen LogP contribution in [0.5, 0.6) is 5.75 Å². The van der Waals surface area contributed by atoms with E-state index in [9.17, 15) is 19.2 Å². The Kier molecular flexibility index (Phi) is 10.1. The Morgan fingerprint density at radius 1 is 1.24 bits per heavy atom. The predicted octanol–water partition coefficient (Wildman–Crippen LogP) is 2.00. The van der Waals surface area contributed by atoms with Crippen LogP contribution in [0.2, 0.25) is 12.6 Å². The Morgan fingerprint density at radius 3 is 2.55 bits per heavy atom. The zero-order valence-electron chi connectivity index (χ0n) is 19.5. The average molecular weight is 454 g/mol. The van der Waals surface area contributed by atoms with E-state index in [4.69, 9.17) is 10.00 Å². The fourth-order valence-corrected chi connectivity index (χ4v) is 3.91. The molecular weight excluding hydrogens is 423 g/mol. The van der Waals surface area contributed by atoms with Crippen molar-refractivity contribution in [3.05, 3.63) is 29.3 Å². The van der Waals surface area contributed by atoms with E-state index in [0.717, 1.165) is 37.2 Å². The Balaban J connectivity index is 0.00000187. The summed E-state index contributed by atoms with van der Waals surface area (Å²) in [7, 11) is 0. The molecule has 0 spiro atoms. The molecule has 1 unspecified atom stereocenters. The van der Waals surface area contributed by atoms with Gasteiger partial charge in [0.1, 0.15) is 12.4 Å². The van der Waals surface area contributed by atoms with E-state index in [2.05, 4.69) is 10.9 Å². The predicted molar refractivity (Wildman–Crippen MR) is 124 cm³/mol. The van der Waals surface area contributed by atoms with Crippen LogP contribution >= 0.6 is 0 Å². The molecule has 1 aromatic carbocycles. The molecule has 9 nitrogen and oxygen atoms in total. The van der Waals surface area contributed by atoms with Gasteiger partial charge in [-0.05, 0) is 57.3 Å². The van der Waals surface area contributed by atoms with E-state index >= 15 is 0 Å². The normalized spacial score (nSPS) is 16.3. The number of rotatable bonds is 9. The molecule has 2 heterocycles. The van der Waals surface area contributed by atoms with Gasteiger partial charge in [-0.3, -0.25) is 29.4 Å². The molecule has 0 aliphatic carbocycles. The second-order valence-electron chi connectivity index (χ2n) is 7.85. The van der Waals surface area contributed by atoms with E-state index in [1.165, 1.54) is 0 Å². The van der Waals surface area contributed by atoms with Crippen LogP contribution in [0.25, 0.3) is 0 Å². The van der Waals surface area contributed by atoms with Crippen LogP contribution in [0.4, 0.5) is 0 Å². The number of nitriles is 1. The third-order valence-electron chi connectivity index (χ3n) is 5.79. The second-order valence-corrected chi connectivity index (χ2v) is 7.85. The molecule has 1 aromatic rings. The van der Waals surface area contributed by atoms with Crippen LogP contribution in [-0.4, -0.2) is 72.9 Å². The Hall–Kier alpha value is -3.19. The molecule has 3 rings (SSSR count). The van der Waals surface area contributed by atoms with Crippen LogP contribution in [0.1, 0.15) is 54.3 Å². The molecule has 0 aromatic heterocycles. The van der Waals surface area contributed by atoms with Gasteiger partial charge < -0.3 is 9.64 Å². The van der Waals surface area contributed by atoms with Gasteiger partial charge in [0.2, 0.25) is 12.3 Å². The van der Waals surface area contributed by atoms with E-state index in [1.54, 1.807) is 25.1 Å². The van der Waals surface area contributed by atoms with Gasteiger partial charge in [-0.25, -0.2) is 5.26 Å². The van der Waals surface area contributed by atoms with Crippen LogP contribution in [0.15, 0.2) is 18.2 Å². The number of imide groups is 2. The molecule has 1 saturated heterocycles. The summed E-state index contributed by atoms with van der Waals surface area (Å²) in [5.41, 5.74) is 0.613. The van der Waals surface area contributed by atoms with Crippen molar-refractivity contribution in [3.8, 4) is 11.7 Å². The molecule has 10 heteroatoms. The summed E-state index contributed by atoms with van der Waals surface area (Å²) >= 11 is 0. The van der Waals surface area contributed by atoms with Crippen molar-refractivity contribution in [2.45, 2.75) is 52.3 Å². The van der Waals surface area contributed by atoms with Crippen LogP contribution < -0.4 is 10.1 Å². The Morgan fingerprint density at radius 2 is 1.91 bits per heavy atom.